The molecular formula is C25H29N3O6S2. The first-order chi connectivity index (χ1) is 17.0. The molecule has 0 unspecified atom stereocenters. The van der Waals surface area contributed by atoms with Gasteiger partial charge in [-0.05, 0) is 50.6 Å². The molecule has 0 aliphatic carbocycles. The van der Waals surface area contributed by atoms with E-state index in [1.54, 1.807) is 25.7 Å². The Morgan fingerprint density at radius 3 is 2.44 bits per heavy atom. The minimum absolute atomic E-state index is 0.0136. The number of aliphatic imine (C=N–C) groups is 1. The summed E-state index contributed by atoms with van der Waals surface area (Å²) in [6, 6.07) is 16.7. The molecule has 2 atom stereocenters. The highest BCUT2D eigenvalue weighted by atomic mass is 32.2. The molecule has 2 fully saturated rings. The van der Waals surface area contributed by atoms with Crippen LogP contribution in [0.15, 0.2) is 59.6 Å². The van der Waals surface area contributed by atoms with Crippen LogP contribution in [0.5, 0.6) is 5.75 Å². The van der Waals surface area contributed by atoms with E-state index in [-0.39, 0.29) is 29.3 Å². The molecule has 2 amide bonds. The predicted molar refractivity (Wildman–Crippen MR) is 140 cm³/mol. The van der Waals surface area contributed by atoms with Gasteiger partial charge in [-0.2, -0.15) is 4.99 Å². The van der Waals surface area contributed by atoms with Gasteiger partial charge in [-0.15, -0.1) is 0 Å². The van der Waals surface area contributed by atoms with Gasteiger partial charge in [0.25, 0.3) is 5.91 Å². The summed E-state index contributed by atoms with van der Waals surface area (Å²) < 4.78 is 35.6. The second kappa shape index (κ2) is 10.5. The second-order valence-electron chi connectivity index (χ2n) is 9.58. The summed E-state index contributed by atoms with van der Waals surface area (Å²) in [6.07, 6.45) is -0.707. The van der Waals surface area contributed by atoms with Crippen LogP contribution in [0, 0.1) is 0 Å². The SMILES string of the molecule is CC(C)(C)OC(=O)NCC(=O)N=C1S[C@H]2CS(=O)(=O)C[C@H]2N1c1ccc(OCc2ccccc2)cc1. The van der Waals surface area contributed by atoms with Gasteiger partial charge in [-0.3, -0.25) is 4.79 Å². The van der Waals surface area contributed by atoms with E-state index in [9.17, 15) is 18.0 Å². The molecule has 2 aromatic carbocycles. The largest absolute Gasteiger partial charge is 0.489 e. The highest BCUT2D eigenvalue weighted by Crippen LogP contribution is 2.41. The van der Waals surface area contributed by atoms with Gasteiger partial charge in [0.1, 0.15) is 24.5 Å². The fraction of sp³-hybridized carbons (Fsp3) is 0.400. The molecule has 0 spiro atoms. The van der Waals surface area contributed by atoms with Crippen LogP contribution in [0.4, 0.5) is 10.5 Å². The summed E-state index contributed by atoms with van der Waals surface area (Å²) in [5.41, 5.74) is 1.08. The molecule has 0 bridgehead atoms. The monoisotopic (exact) mass is 531 g/mol. The summed E-state index contributed by atoms with van der Waals surface area (Å²) in [6.45, 7) is 5.28. The van der Waals surface area contributed by atoms with Crippen molar-refractivity contribution in [3.63, 3.8) is 0 Å². The van der Waals surface area contributed by atoms with Crippen LogP contribution in [0.1, 0.15) is 26.3 Å². The normalized spacial score (nSPS) is 21.8. The molecule has 2 aromatic rings. The number of nitrogens with one attached hydrogen (secondary N) is 1. The Hall–Kier alpha value is -3.05. The van der Waals surface area contributed by atoms with Crippen LogP contribution >= 0.6 is 11.8 Å². The number of thioether (sulfide) groups is 1. The summed E-state index contributed by atoms with van der Waals surface area (Å²) in [5, 5.41) is 2.59. The summed E-state index contributed by atoms with van der Waals surface area (Å²) in [5.74, 6) is 0.126. The number of amides is 2. The maximum atomic E-state index is 12.5. The van der Waals surface area contributed by atoms with E-state index in [1.807, 2.05) is 54.6 Å². The Labute approximate surface area is 215 Å². The number of hydrogen-bond acceptors (Lipinski definition) is 7. The molecule has 9 nitrogen and oxygen atoms in total. The lowest BCUT2D eigenvalue weighted by Crippen LogP contribution is -2.38. The van der Waals surface area contributed by atoms with Crippen LogP contribution in [0.3, 0.4) is 0 Å². The van der Waals surface area contributed by atoms with Crippen LogP contribution < -0.4 is 15.0 Å². The quantitative estimate of drug-likeness (QED) is 0.603. The number of rotatable bonds is 6. The number of carbonyl (C=O) groups excluding carboxylic acids is 2. The van der Waals surface area contributed by atoms with E-state index in [1.165, 1.54) is 11.8 Å². The van der Waals surface area contributed by atoms with E-state index in [0.717, 1.165) is 5.56 Å². The fourth-order valence-electron chi connectivity index (χ4n) is 3.92. The Morgan fingerprint density at radius 1 is 1.08 bits per heavy atom. The number of alkyl carbamates (subject to hydrolysis) is 1. The van der Waals surface area contributed by atoms with Crippen molar-refractivity contribution < 1.29 is 27.5 Å². The molecule has 2 heterocycles. The molecule has 2 saturated heterocycles. The maximum Gasteiger partial charge on any atom is 0.408 e. The number of amidine groups is 1. The van der Waals surface area contributed by atoms with E-state index in [2.05, 4.69) is 10.3 Å². The predicted octanol–water partition coefficient (Wildman–Crippen LogP) is 3.39. The first-order valence-electron chi connectivity index (χ1n) is 11.5. The highest BCUT2D eigenvalue weighted by Gasteiger charge is 2.49. The van der Waals surface area contributed by atoms with Crippen molar-refractivity contribution >= 4 is 44.5 Å². The van der Waals surface area contributed by atoms with E-state index >= 15 is 0 Å². The average molecular weight is 532 g/mol. The first-order valence-corrected chi connectivity index (χ1v) is 14.2. The van der Waals surface area contributed by atoms with Crippen molar-refractivity contribution in [2.45, 2.75) is 44.3 Å². The third-order valence-electron chi connectivity index (χ3n) is 5.43. The molecule has 192 valence electrons. The van der Waals surface area contributed by atoms with Gasteiger partial charge in [0.05, 0.1) is 17.5 Å². The minimum Gasteiger partial charge on any atom is -0.489 e. The summed E-state index contributed by atoms with van der Waals surface area (Å²) in [7, 11) is -3.19. The summed E-state index contributed by atoms with van der Waals surface area (Å²) >= 11 is 1.27. The number of hydrogen-bond donors (Lipinski definition) is 1. The van der Waals surface area contributed by atoms with Crippen LogP contribution in [-0.2, 0) is 26.0 Å². The molecule has 4 rings (SSSR count). The van der Waals surface area contributed by atoms with E-state index < -0.39 is 27.4 Å². The topological polar surface area (TPSA) is 114 Å². The molecule has 36 heavy (non-hydrogen) atoms. The Morgan fingerprint density at radius 2 is 1.78 bits per heavy atom. The van der Waals surface area contributed by atoms with Crippen molar-refractivity contribution in [2.24, 2.45) is 4.99 Å². The van der Waals surface area contributed by atoms with Crippen molar-refractivity contribution in [3.05, 3.63) is 60.2 Å². The minimum atomic E-state index is -3.19. The lowest BCUT2D eigenvalue weighted by atomic mass is 10.2. The zero-order valence-electron chi connectivity index (χ0n) is 20.3. The number of fused-ring (bicyclic) bond motifs is 1. The zero-order valence-corrected chi connectivity index (χ0v) is 22.0. The van der Waals surface area contributed by atoms with Gasteiger partial charge >= 0.3 is 6.09 Å². The first kappa shape index (κ1) is 26.0. The zero-order chi connectivity index (χ0) is 25.9. The molecule has 2 aliphatic rings. The third kappa shape index (κ3) is 6.79. The van der Waals surface area contributed by atoms with Crippen molar-refractivity contribution in [3.8, 4) is 5.75 Å². The Bertz CT molecular complexity index is 1240. The molecule has 2 aliphatic heterocycles. The number of anilines is 1. The molecule has 0 aromatic heterocycles. The lowest BCUT2D eigenvalue weighted by molar-refractivity contribution is -0.117. The second-order valence-corrected chi connectivity index (χ2v) is 12.9. The van der Waals surface area contributed by atoms with E-state index in [4.69, 9.17) is 9.47 Å². The molecule has 1 N–H and O–H groups in total. The Balaban J connectivity index is 1.47. The fourth-order valence-corrected chi connectivity index (χ4v) is 7.85. The smallest absolute Gasteiger partial charge is 0.408 e. The molecule has 11 heteroatoms. The number of benzene rings is 2. The van der Waals surface area contributed by atoms with Crippen LogP contribution in [0.2, 0.25) is 0 Å². The van der Waals surface area contributed by atoms with Crippen LogP contribution in [0.25, 0.3) is 0 Å². The number of carbonyl (C=O) groups is 2. The number of nitrogens with zero attached hydrogens (tertiary/aromatic N) is 2. The lowest BCUT2D eigenvalue weighted by Gasteiger charge is -2.24. The molecule has 0 radical (unpaired) electrons. The van der Waals surface area contributed by atoms with Crippen molar-refractivity contribution in [2.75, 3.05) is 23.0 Å². The molecule has 0 saturated carbocycles. The maximum absolute atomic E-state index is 12.5. The van der Waals surface area contributed by atoms with Gasteiger partial charge in [0.15, 0.2) is 15.0 Å². The van der Waals surface area contributed by atoms with Gasteiger partial charge in [0, 0.05) is 10.9 Å². The van der Waals surface area contributed by atoms with Gasteiger partial charge in [0.2, 0.25) is 0 Å². The third-order valence-corrected chi connectivity index (χ3v) is 8.64. The van der Waals surface area contributed by atoms with Crippen molar-refractivity contribution in [1.82, 2.24) is 5.32 Å². The highest BCUT2D eigenvalue weighted by molar-refractivity contribution is 8.16. The number of sulfone groups is 1. The number of ether oxygens (including phenoxy) is 2. The Kier molecular flexibility index (Phi) is 7.60. The van der Waals surface area contributed by atoms with Crippen LogP contribution in [-0.4, -0.2) is 60.5 Å². The summed E-state index contributed by atoms with van der Waals surface area (Å²) in [4.78, 5) is 30.4. The van der Waals surface area contributed by atoms with Gasteiger partial charge in [-0.25, -0.2) is 13.2 Å². The van der Waals surface area contributed by atoms with E-state index in [0.29, 0.717) is 23.2 Å². The van der Waals surface area contributed by atoms with Crippen molar-refractivity contribution in [1.29, 1.82) is 0 Å². The average Bonchev–Trinajstić information content (AvgIpc) is 3.27. The standard InChI is InChI=1S/C25H29N3O6S2/c1-25(2,3)34-24(30)26-13-22(29)27-23-28(20-15-36(31,32)16-21(20)35-23)18-9-11-19(12-10-18)33-14-17-7-5-4-6-8-17/h4-12,20-21H,13-16H2,1-3H3,(H,26,30)/t20-,21+/m1/s1. The molecular weight excluding hydrogens is 502 g/mol. The van der Waals surface area contributed by atoms with Gasteiger partial charge in [-0.1, -0.05) is 42.1 Å². The van der Waals surface area contributed by atoms with Gasteiger partial charge < -0.3 is 19.7 Å².